The molecule has 3 rings (SSSR count). The van der Waals surface area contributed by atoms with Crippen LogP contribution in [0.25, 0.3) is 11.0 Å². The summed E-state index contributed by atoms with van der Waals surface area (Å²) in [5.74, 6) is -0.744. The molecular weight excluding hydrogens is 270 g/mol. The highest BCUT2D eigenvalue weighted by Crippen LogP contribution is 2.25. The number of carboxylic acids is 1. The molecule has 0 saturated heterocycles. The molecule has 112 valence electrons. The molecule has 1 aliphatic rings. The highest BCUT2D eigenvalue weighted by atomic mass is 16.4. The predicted octanol–water partition coefficient (Wildman–Crippen LogP) is 2.38. The number of aliphatic hydroxyl groups excluding tert-OH is 1. The Hall–Kier alpha value is -1.85. The lowest BCUT2D eigenvalue weighted by Gasteiger charge is -2.15. The number of rotatable bonds is 5. The van der Waals surface area contributed by atoms with Gasteiger partial charge in [0.1, 0.15) is 5.58 Å². The number of carbonyl (C=O) groups is 1. The average molecular weight is 289 g/mol. The molecule has 1 heterocycles. The molecule has 1 saturated carbocycles. The Balaban J connectivity index is 1.63. The van der Waals surface area contributed by atoms with Crippen molar-refractivity contribution in [3.63, 3.8) is 0 Å². The van der Waals surface area contributed by atoms with E-state index in [9.17, 15) is 9.90 Å². The van der Waals surface area contributed by atoms with Gasteiger partial charge in [0.2, 0.25) is 5.76 Å². The van der Waals surface area contributed by atoms with Crippen molar-refractivity contribution >= 4 is 16.9 Å². The predicted molar refractivity (Wildman–Crippen MR) is 78.2 cm³/mol. The van der Waals surface area contributed by atoms with Crippen molar-refractivity contribution < 1.29 is 19.4 Å². The van der Waals surface area contributed by atoms with Gasteiger partial charge in [-0.05, 0) is 42.5 Å². The summed E-state index contributed by atoms with van der Waals surface area (Å²) in [7, 11) is 0. The zero-order valence-electron chi connectivity index (χ0n) is 11.7. The molecule has 5 nitrogen and oxygen atoms in total. The molecule has 2 atom stereocenters. The fraction of sp³-hybridized carbons (Fsp3) is 0.438. The number of aromatic carboxylic acids is 1. The summed E-state index contributed by atoms with van der Waals surface area (Å²) < 4.78 is 5.23. The second-order valence-electron chi connectivity index (χ2n) is 5.68. The molecule has 1 aromatic carbocycles. The highest BCUT2D eigenvalue weighted by molar-refractivity contribution is 5.91. The fourth-order valence-corrected chi connectivity index (χ4v) is 2.97. The number of hydrogen-bond acceptors (Lipinski definition) is 4. The smallest absolute Gasteiger partial charge is 0.371 e. The maximum Gasteiger partial charge on any atom is 0.371 e. The average Bonchev–Trinajstić information content (AvgIpc) is 3.05. The van der Waals surface area contributed by atoms with E-state index in [0.29, 0.717) is 18.0 Å². The van der Waals surface area contributed by atoms with E-state index in [-0.39, 0.29) is 11.9 Å². The van der Waals surface area contributed by atoms with Crippen LogP contribution in [-0.4, -0.2) is 28.8 Å². The second-order valence-corrected chi connectivity index (χ2v) is 5.68. The van der Waals surface area contributed by atoms with Crippen LogP contribution in [0.2, 0.25) is 0 Å². The van der Waals surface area contributed by atoms with Crippen LogP contribution in [0.3, 0.4) is 0 Å². The van der Waals surface area contributed by atoms with Crippen molar-refractivity contribution in [2.75, 3.05) is 6.54 Å². The first-order chi connectivity index (χ1) is 10.1. The normalized spacial score (nSPS) is 22.0. The van der Waals surface area contributed by atoms with Crippen LogP contribution in [-0.2, 0) is 6.54 Å². The molecule has 2 unspecified atom stereocenters. The van der Waals surface area contributed by atoms with Gasteiger partial charge < -0.3 is 19.9 Å². The Morgan fingerprint density at radius 2 is 2.19 bits per heavy atom. The Labute approximate surface area is 122 Å². The molecule has 2 aromatic rings. The van der Waals surface area contributed by atoms with E-state index < -0.39 is 5.97 Å². The van der Waals surface area contributed by atoms with Crippen molar-refractivity contribution in [2.45, 2.75) is 31.9 Å². The summed E-state index contributed by atoms with van der Waals surface area (Å²) in [4.78, 5) is 10.9. The summed E-state index contributed by atoms with van der Waals surface area (Å²) in [6.07, 6.45) is 2.92. The zero-order chi connectivity index (χ0) is 14.8. The van der Waals surface area contributed by atoms with Crippen LogP contribution in [0.1, 0.15) is 35.4 Å². The van der Waals surface area contributed by atoms with Crippen molar-refractivity contribution in [3.05, 3.63) is 35.6 Å². The van der Waals surface area contributed by atoms with Crippen molar-refractivity contribution in [1.82, 2.24) is 5.32 Å². The summed E-state index contributed by atoms with van der Waals surface area (Å²) >= 11 is 0. The van der Waals surface area contributed by atoms with Gasteiger partial charge in [0.25, 0.3) is 0 Å². The molecule has 1 fully saturated rings. The van der Waals surface area contributed by atoms with Gasteiger partial charge in [-0.15, -0.1) is 0 Å². The largest absolute Gasteiger partial charge is 0.475 e. The molecule has 21 heavy (non-hydrogen) atoms. The zero-order valence-corrected chi connectivity index (χ0v) is 11.7. The number of aliphatic hydroxyl groups is 1. The summed E-state index contributed by atoms with van der Waals surface area (Å²) in [5.41, 5.74) is 1.66. The number of fused-ring (bicyclic) bond motifs is 1. The topological polar surface area (TPSA) is 82.7 Å². The standard InChI is InChI=1S/C16H19NO4/c18-13-3-1-2-11(13)9-17-8-10-4-5-14-12(6-10)7-15(21-14)16(19)20/h4-7,11,13,17-18H,1-3,8-9H2,(H,19,20). The number of benzene rings is 1. The Morgan fingerprint density at radius 1 is 1.33 bits per heavy atom. The molecule has 1 aliphatic carbocycles. The number of furan rings is 1. The van der Waals surface area contributed by atoms with Gasteiger partial charge in [-0.25, -0.2) is 4.79 Å². The lowest BCUT2D eigenvalue weighted by atomic mass is 10.1. The van der Waals surface area contributed by atoms with Gasteiger partial charge in [-0.2, -0.15) is 0 Å². The van der Waals surface area contributed by atoms with Crippen LogP contribution < -0.4 is 5.32 Å². The maximum absolute atomic E-state index is 10.9. The third kappa shape index (κ3) is 3.09. The minimum atomic E-state index is -1.05. The number of carboxylic acid groups (broad SMARTS) is 1. The highest BCUT2D eigenvalue weighted by Gasteiger charge is 2.24. The third-order valence-electron chi connectivity index (χ3n) is 4.15. The summed E-state index contributed by atoms with van der Waals surface area (Å²) in [6, 6.07) is 7.20. The molecule has 3 N–H and O–H groups in total. The molecule has 0 spiro atoms. The maximum atomic E-state index is 10.9. The molecule has 0 bridgehead atoms. The van der Waals surface area contributed by atoms with E-state index >= 15 is 0 Å². The minimum absolute atomic E-state index is 0.0378. The van der Waals surface area contributed by atoms with E-state index in [0.717, 1.165) is 36.8 Å². The lowest BCUT2D eigenvalue weighted by Crippen LogP contribution is -2.27. The molecule has 1 aromatic heterocycles. The van der Waals surface area contributed by atoms with E-state index in [1.54, 1.807) is 12.1 Å². The van der Waals surface area contributed by atoms with Crippen molar-refractivity contribution in [3.8, 4) is 0 Å². The van der Waals surface area contributed by atoms with Crippen LogP contribution in [0.5, 0.6) is 0 Å². The Kier molecular flexibility index (Phi) is 3.94. The van der Waals surface area contributed by atoms with Gasteiger partial charge in [0, 0.05) is 18.5 Å². The minimum Gasteiger partial charge on any atom is -0.475 e. The van der Waals surface area contributed by atoms with Gasteiger partial charge in [-0.3, -0.25) is 0 Å². The van der Waals surface area contributed by atoms with Gasteiger partial charge in [-0.1, -0.05) is 12.5 Å². The summed E-state index contributed by atoms with van der Waals surface area (Å²) in [5, 5.41) is 22.8. The molecule has 0 aliphatic heterocycles. The van der Waals surface area contributed by atoms with Crippen LogP contribution in [0.15, 0.2) is 28.7 Å². The van der Waals surface area contributed by atoms with Gasteiger partial charge >= 0.3 is 5.97 Å². The molecule has 0 amide bonds. The van der Waals surface area contributed by atoms with Crippen LogP contribution in [0.4, 0.5) is 0 Å². The number of nitrogens with one attached hydrogen (secondary N) is 1. The summed E-state index contributed by atoms with van der Waals surface area (Å²) in [6.45, 7) is 1.51. The second kappa shape index (κ2) is 5.87. The van der Waals surface area contributed by atoms with Crippen LogP contribution in [0, 0.1) is 5.92 Å². The molecule has 0 radical (unpaired) electrons. The van der Waals surface area contributed by atoms with E-state index in [1.807, 2.05) is 12.1 Å². The third-order valence-corrected chi connectivity index (χ3v) is 4.15. The number of hydrogen-bond donors (Lipinski definition) is 3. The van der Waals surface area contributed by atoms with Crippen molar-refractivity contribution in [2.24, 2.45) is 5.92 Å². The quantitative estimate of drug-likeness (QED) is 0.787. The molecule has 5 heteroatoms. The monoisotopic (exact) mass is 289 g/mol. The van der Waals surface area contributed by atoms with E-state index in [1.165, 1.54) is 0 Å². The van der Waals surface area contributed by atoms with Gasteiger partial charge in [0.05, 0.1) is 6.10 Å². The van der Waals surface area contributed by atoms with E-state index in [4.69, 9.17) is 9.52 Å². The first-order valence-corrected chi connectivity index (χ1v) is 7.28. The van der Waals surface area contributed by atoms with Gasteiger partial charge in [0.15, 0.2) is 0 Å². The first-order valence-electron chi connectivity index (χ1n) is 7.28. The van der Waals surface area contributed by atoms with E-state index in [2.05, 4.69) is 5.32 Å². The van der Waals surface area contributed by atoms with Crippen molar-refractivity contribution in [1.29, 1.82) is 0 Å². The molecular formula is C16H19NO4. The van der Waals surface area contributed by atoms with Crippen LogP contribution >= 0.6 is 0 Å². The lowest BCUT2D eigenvalue weighted by molar-refractivity contribution is 0.0665. The fourth-order valence-electron chi connectivity index (χ4n) is 2.97. The Morgan fingerprint density at radius 3 is 2.90 bits per heavy atom. The SMILES string of the molecule is O=C(O)c1cc2cc(CNCC3CCCC3O)ccc2o1. The first kappa shape index (κ1) is 14.1. The Bertz CT molecular complexity index is 649.